The maximum Gasteiger partial charge on any atom is 0.0982 e. The molecular formula is C16H13BrClNS. The summed E-state index contributed by atoms with van der Waals surface area (Å²) < 4.78 is 0.967. The van der Waals surface area contributed by atoms with E-state index in [1.54, 1.807) is 0 Å². The SMILES string of the molecule is CC(Cc1ccccc1)(N=C=S)c1cc(Cl)ccc1Br. The van der Waals surface area contributed by atoms with E-state index in [4.69, 9.17) is 23.8 Å². The first-order valence-electron chi connectivity index (χ1n) is 6.14. The summed E-state index contributed by atoms with van der Waals surface area (Å²) in [6.45, 7) is 2.04. The molecule has 0 aliphatic heterocycles. The molecular weight excluding hydrogens is 354 g/mol. The van der Waals surface area contributed by atoms with Crippen molar-refractivity contribution in [3.8, 4) is 0 Å². The lowest BCUT2D eigenvalue weighted by Gasteiger charge is -2.26. The highest BCUT2D eigenvalue weighted by Gasteiger charge is 2.28. The number of aliphatic imine (C=N–C) groups is 1. The molecule has 0 radical (unpaired) electrons. The molecule has 102 valence electrons. The molecule has 20 heavy (non-hydrogen) atoms. The van der Waals surface area contributed by atoms with E-state index in [-0.39, 0.29) is 0 Å². The summed E-state index contributed by atoms with van der Waals surface area (Å²) in [6, 6.07) is 15.9. The Balaban J connectivity index is 2.49. The first kappa shape index (κ1) is 15.4. The van der Waals surface area contributed by atoms with Crippen LogP contribution in [0.5, 0.6) is 0 Å². The second-order valence-corrected chi connectivity index (χ2v) is 6.24. The van der Waals surface area contributed by atoms with Crippen LogP contribution in [0, 0.1) is 0 Å². The van der Waals surface area contributed by atoms with Crippen molar-refractivity contribution >= 4 is 44.9 Å². The summed E-state index contributed by atoms with van der Waals surface area (Å²) in [5.41, 5.74) is 1.70. The lowest BCUT2D eigenvalue weighted by atomic mass is 9.86. The summed E-state index contributed by atoms with van der Waals surface area (Å²) >= 11 is 14.5. The fourth-order valence-electron chi connectivity index (χ4n) is 2.20. The third kappa shape index (κ3) is 3.56. The Morgan fingerprint density at radius 2 is 1.95 bits per heavy atom. The van der Waals surface area contributed by atoms with Gasteiger partial charge in [0.25, 0.3) is 0 Å². The molecule has 0 N–H and O–H groups in total. The quantitative estimate of drug-likeness (QED) is 0.502. The molecule has 0 spiro atoms. The van der Waals surface area contributed by atoms with Crippen LogP contribution >= 0.6 is 39.7 Å². The van der Waals surface area contributed by atoms with E-state index in [2.05, 4.69) is 38.2 Å². The van der Waals surface area contributed by atoms with Gasteiger partial charge < -0.3 is 0 Å². The normalized spacial score (nSPS) is 13.3. The predicted octanol–water partition coefficient (Wildman–Crippen LogP) is 5.66. The smallest absolute Gasteiger partial charge is 0.0982 e. The third-order valence-corrected chi connectivity index (χ3v) is 4.21. The molecule has 0 aliphatic rings. The van der Waals surface area contributed by atoms with Crippen molar-refractivity contribution < 1.29 is 0 Å². The van der Waals surface area contributed by atoms with Gasteiger partial charge in [0.2, 0.25) is 0 Å². The largest absolute Gasteiger partial charge is 0.221 e. The Labute approximate surface area is 137 Å². The molecule has 1 nitrogen and oxygen atoms in total. The average molecular weight is 367 g/mol. The van der Waals surface area contributed by atoms with Crippen LogP contribution in [0.4, 0.5) is 0 Å². The van der Waals surface area contributed by atoms with Gasteiger partial charge in [-0.1, -0.05) is 57.9 Å². The van der Waals surface area contributed by atoms with Gasteiger partial charge in [0.15, 0.2) is 0 Å². The van der Waals surface area contributed by atoms with Crippen LogP contribution in [0.15, 0.2) is 58.0 Å². The Bertz CT molecular complexity index is 653. The summed E-state index contributed by atoms with van der Waals surface area (Å²) in [5.74, 6) is 0. The van der Waals surface area contributed by atoms with E-state index in [9.17, 15) is 0 Å². The zero-order valence-corrected chi connectivity index (χ0v) is 14.1. The van der Waals surface area contributed by atoms with Gasteiger partial charge in [-0.15, -0.1) is 0 Å². The molecule has 0 saturated carbocycles. The van der Waals surface area contributed by atoms with Crippen LogP contribution < -0.4 is 0 Å². The van der Waals surface area contributed by atoms with Gasteiger partial charge in [0, 0.05) is 15.9 Å². The lowest BCUT2D eigenvalue weighted by molar-refractivity contribution is 0.496. The van der Waals surface area contributed by atoms with E-state index in [0.29, 0.717) is 5.02 Å². The van der Waals surface area contributed by atoms with E-state index in [1.807, 2.05) is 43.3 Å². The Morgan fingerprint density at radius 1 is 1.25 bits per heavy atom. The van der Waals surface area contributed by atoms with E-state index >= 15 is 0 Å². The standard InChI is InChI=1S/C16H13BrClNS/c1-16(19-11-20,10-12-5-3-2-4-6-12)14-9-13(18)7-8-15(14)17/h2-9H,10H2,1H3. The van der Waals surface area contributed by atoms with Crippen LogP contribution in [0.2, 0.25) is 5.02 Å². The predicted molar refractivity (Wildman–Crippen MR) is 91.7 cm³/mol. The van der Waals surface area contributed by atoms with Crippen molar-refractivity contribution in [1.29, 1.82) is 0 Å². The maximum atomic E-state index is 6.12. The van der Waals surface area contributed by atoms with Crippen molar-refractivity contribution in [3.63, 3.8) is 0 Å². The third-order valence-electron chi connectivity index (χ3n) is 3.19. The van der Waals surface area contributed by atoms with Gasteiger partial charge in [0.05, 0.1) is 10.7 Å². The molecule has 4 heteroatoms. The number of halogens is 2. The molecule has 0 heterocycles. The van der Waals surface area contributed by atoms with Gasteiger partial charge in [-0.2, -0.15) is 0 Å². The van der Waals surface area contributed by atoms with E-state index in [0.717, 1.165) is 16.5 Å². The molecule has 1 atom stereocenters. The van der Waals surface area contributed by atoms with Gasteiger partial charge in [0.1, 0.15) is 0 Å². The highest BCUT2D eigenvalue weighted by atomic mass is 79.9. The molecule has 2 aromatic carbocycles. The highest BCUT2D eigenvalue weighted by Crippen LogP contribution is 2.36. The number of nitrogens with zero attached hydrogens (tertiary/aromatic N) is 1. The molecule has 2 rings (SSSR count). The second-order valence-electron chi connectivity index (χ2n) is 4.76. The molecule has 0 fully saturated rings. The fourth-order valence-corrected chi connectivity index (χ4v) is 3.25. The molecule has 1 unspecified atom stereocenters. The maximum absolute atomic E-state index is 6.12. The summed E-state index contributed by atoms with van der Waals surface area (Å²) in [4.78, 5) is 4.40. The molecule has 2 aromatic rings. The summed E-state index contributed by atoms with van der Waals surface area (Å²) in [7, 11) is 0. The lowest BCUT2D eigenvalue weighted by Crippen LogP contribution is -2.23. The van der Waals surface area contributed by atoms with Crippen LogP contribution in [-0.4, -0.2) is 5.16 Å². The zero-order valence-electron chi connectivity index (χ0n) is 10.9. The van der Waals surface area contributed by atoms with Gasteiger partial charge >= 0.3 is 0 Å². The minimum atomic E-state index is -0.493. The number of isothiocyanates is 1. The summed E-state index contributed by atoms with van der Waals surface area (Å²) in [5, 5.41) is 3.20. The minimum Gasteiger partial charge on any atom is -0.221 e. The second kappa shape index (κ2) is 6.64. The van der Waals surface area contributed by atoms with Crippen molar-refractivity contribution in [3.05, 3.63) is 69.2 Å². The van der Waals surface area contributed by atoms with Crippen molar-refractivity contribution in [2.75, 3.05) is 0 Å². The monoisotopic (exact) mass is 365 g/mol. The number of rotatable bonds is 4. The zero-order chi connectivity index (χ0) is 14.6. The van der Waals surface area contributed by atoms with Crippen LogP contribution in [0.25, 0.3) is 0 Å². The summed E-state index contributed by atoms with van der Waals surface area (Å²) in [6.07, 6.45) is 0.733. The van der Waals surface area contributed by atoms with Crippen LogP contribution in [-0.2, 0) is 12.0 Å². The topological polar surface area (TPSA) is 12.4 Å². The molecule has 0 bridgehead atoms. The van der Waals surface area contributed by atoms with Crippen LogP contribution in [0.1, 0.15) is 18.1 Å². The van der Waals surface area contributed by atoms with Gasteiger partial charge in [-0.3, -0.25) is 0 Å². The Kier molecular flexibility index (Phi) is 5.11. The fraction of sp³-hybridized carbons (Fsp3) is 0.188. The Morgan fingerprint density at radius 3 is 2.60 bits per heavy atom. The number of hydrogen-bond acceptors (Lipinski definition) is 2. The van der Waals surface area contributed by atoms with Crippen molar-refractivity contribution in [2.45, 2.75) is 18.9 Å². The number of hydrogen-bond donors (Lipinski definition) is 0. The molecule has 0 aliphatic carbocycles. The average Bonchev–Trinajstić information content (AvgIpc) is 2.43. The van der Waals surface area contributed by atoms with Crippen molar-refractivity contribution in [1.82, 2.24) is 0 Å². The van der Waals surface area contributed by atoms with E-state index in [1.165, 1.54) is 5.56 Å². The minimum absolute atomic E-state index is 0.493. The molecule has 0 amide bonds. The Hall–Kier alpha value is -0.990. The molecule has 0 aromatic heterocycles. The van der Waals surface area contributed by atoms with E-state index < -0.39 is 5.54 Å². The number of benzene rings is 2. The first-order chi connectivity index (χ1) is 9.55. The van der Waals surface area contributed by atoms with Gasteiger partial charge in [-0.05, 0) is 48.5 Å². The highest BCUT2D eigenvalue weighted by molar-refractivity contribution is 9.10. The van der Waals surface area contributed by atoms with Crippen molar-refractivity contribution in [2.24, 2.45) is 4.99 Å². The van der Waals surface area contributed by atoms with Gasteiger partial charge in [-0.25, -0.2) is 4.99 Å². The first-order valence-corrected chi connectivity index (χ1v) is 7.71. The number of thiocarbonyl (C=S) groups is 1. The molecule has 0 saturated heterocycles. The van der Waals surface area contributed by atoms with Crippen LogP contribution in [0.3, 0.4) is 0 Å².